The molecular formula is C31H26F6O. The Labute approximate surface area is 218 Å². The summed E-state index contributed by atoms with van der Waals surface area (Å²) in [4.78, 5) is 0. The van der Waals surface area contributed by atoms with E-state index in [1.54, 1.807) is 0 Å². The van der Waals surface area contributed by atoms with E-state index >= 15 is 0 Å². The van der Waals surface area contributed by atoms with Crippen molar-refractivity contribution in [3.8, 4) is 23.7 Å². The highest BCUT2D eigenvalue weighted by atomic mass is 19.4. The summed E-state index contributed by atoms with van der Waals surface area (Å²) >= 11 is 0. The molecule has 0 aliphatic heterocycles. The summed E-state index contributed by atoms with van der Waals surface area (Å²) in [5, 5.41) is -0.801. The Hall–Kier alpha value is -3.42. The minimum absolute atomic E-state index is 0.161. The Morgan fingerprint density at radius 1 is 0.842 bits per heavy atom. The third-order valence-electron chi connectivity index (χ3n) is 6.67. The summed E-state index contributed by atoms with van der Waals surface area (Å²) in [7, 11) is 0. The fraction of sp³-hybridized carbons (Fsp3) is 0.355. The average molecular weight is 529 g/mol. The highest BCUT2D eigenvalue weighted by molar-refractivity contribution is 5.87. The van der Waals surface area contributed by atoms with Crippen LogP contribution in [0.5, 0.6) is 0 Å². The van der Waals surface area contributed by atoms with Gasteiger partial charge in [0, 0.05) is 23.7 Å². The Morgan fingerprint density at radius 2 is 1.53 bits per heavy atom. The van der Waals surface area contributed by atoms with E-state index in [-0.39, 0.29) is 10.9 Å². The van der Waals surface area contributed by atoms with E-state index in [9.17, 15) is 26.3 Å². The van der Waals surface area contributed by atoms with E-state index in [2.05, 4.69) is 18.8 Å². The van der Waals surface area contributed by atoms with Crippen LogP contribution < -0.4 is 0 Å². The SMILES string of the molecule is CCCCOC1CCC(c2ccc(C#Cc3cc(F)c4c(F)c(C#CC(F)(F)F)c(F)cc4c3)cc2)CC1. The van der Waals surface area contributed by atoms with Crippen LogP contribution in [0.15, 0.2) is 42.5 Å². The maximum absolute atomic E-state index is 14.7. The van der Waals surface area contributed by atoms with Crippen molar-refractivity contribution in [1.29, 1.82) is 0 Å². The zero-order chi connectivity index (χ0) is 27.3. The largest absolute Gasteiger partial charge is 0.458 e. The first-order valence-corrected chi connectivity index (χ1v) is 12.6. The number of halogens is 6. The van der Waals surface area contributed by atoms with Gasteiger partial charge in [-0.3, -0.25) is 0 Å². The third-order valence-corrected chi connectivity index (χ3v) is 6.67. The number of unbranched alkanes of at least 4 members (excludes halogenated alkanes) is 1. The molecule has 0 radical (unpaired) electrons. The van der Waals surface area contributed by atoms with Gasteiger partial charge >= 0.3 is 6.18 Å². The second-order valence-electron chi connectivity index (χ2n) is 9.42. The first kappa shape index (κ1) is 27.6. The number of alkyl halides is 3. The number of benzene rings is 3. The number of hydrogen-bond donors (Lipinski definition) is 0. The van der Waals surface area contributed by atoms with Crippen molar-refractivity contribution in [2.24, 2.45) is 0 Å². The Kier molecular flexibility index (Phi) is 8.69. The normalized spacial score (nSPS) is 17.4. The molecule has 4 rings (SSSR count). The van der Waals surface area contributed by atoms with Crippen molar-refractivity contribution >= 4 is 10.8 Å². The van der Waals surface area contributed by atoms with Crippen molar-refractivity contribution in [1.82, 2.24) is 0 Å². The topological polar surface area (TPSA) is 9.23 Å². The molecule has 0 amide bonds. The Balaban J connectivity index is 1.48. The maximum atomic E-state index is 14.7. The Morgan fingerprint density at radius 3 is 2.18 bits per heavy atom. The van der Waals surface area contributed by atoms with E-state index in [4.69, 9.17) is 4.74 Å². The van der Waals surface area contributed by atoms with Crippen molar-refractivity contribution in [3.63, 3.8) is 0 Å². The van der Waals surface area contributed by atoms with Crippen molar-refractivity contribution in [2.75, 3.05) is 6.61 Å². The van der Waals surface area contributed by atoms with Crippen LogP contribution in [-0.2, 0) is 4.74 Å². The average Bonchev–Trinajstić information content (AvgIpc) is 2.87. The molecule has 0 aromatic heterocycles. The molecule has 0 unspecified atom stereocenters. The smallest absolute Gasteiger partial charge is 0.378 e. The molecule has 3 aromatic rings. The molecule has 1 aliphatic rings. The van der Waals surface area contributed by atoms with Gasteiger partial charge in [0.1, 0.15) is 11.6 Å². The van der Waals surface area contributed by atoms with Crippen molar-refractivity contribution in [2.45, 2.75) is 63.6 Å². The van der Waals surface area contributed by atoms with Gasteiger partial charge in [-0.15, -0.1) is 0 Å². The molecule has 0 spiro atoms. The molecule has 0 saturated heterocycles. The van der Waals surface area contributed by atoms with Crippen molar-refractivity contribution < 1.29 is 31.1 Å². The zero-order valence-electron chi connectivity index (χ0n) is 20.8. The molecule has 0 heterocycles. The second-order valence-corrected chi connectivity index (χ2v) is 9.42. The van der Waals surface area contributed by atoms with Gasteiger partial charge in [-0.25, -0.2) is 13.2 Å². The summed E-state index contributed by atoms with van der Waals surface area (Å²) in [5.41, 5.74) is 0.967. The maximum Gasteiger partial charge on any atom is 0.458 e. The highest BCUT2D eigenvalue weighted by Gasteiger charge is 2.25. The highest BCUT2D eigenvalue weighted by Crippen LogP contribution is 2.34. The fourth-order valence-corrected chi connectivity index (χ4v) is 4.67. The molecule has 1 aliphatic carbocycles. The predicted octanol–water partition coefficient (Wildman–Crippen LogP) is 8.41. The van der Waals surface area contributed by atoms with E-state index in [1.807, 2.05) is 24.3 Å². The van der Waals surface area contributed by atoms with Crippen LogP contribution in [0.25, 0.3) is 10.8 Å². The molecule has 0 atom stereocenters. The molecule has 1 fully saturated rings. The van der Waals surface area contributed by atoms with E-state index in [0.717, 1.165) is 63.2 Å². The van der Waals surface area contributed by atoms with Crippen molar-refractivity contribution in [3.05, 3.63) is 82.2 Å². The monoisotopic (exact) mass is 528 g/mol. The van der Waals surface area contributed by atoms with Gasteiger partial charge in [-0.1, -0.05) is 43.2 Å². The van der Waals surface area contributed by atoms with Crippen LogP contribution in [-0.4, -0.2) is 18.9 Å². The summed E-state index contributed by atoms with van der Waals surface area (Å²) < 4.78 is 86.6. The summed E-state index contributed by atoms with van der Waals surface area (Å²) in [6.07, 6.45) is 1.83. The first-order valence-electron chi connectivity index (χ1n) is 12.6. The van der Waals surface area contributed by atoms with Gasteiger partial charge < -0.3 is 4.74 Å². The van der Waals surface area contributed by atoms with Crippen LogP contribution >= 0.6 is 0 Å². The molecule has 1 nitrogen and oxygen atoms in total. The number of fused-ring (bicyclic) bond motifs is 1. The predicted molar refractivity (Wildman–Crippen MR) is 135 cm³/mol. The molecule has 198 valence electrons. The molecule has 7 heteroatoms. The summed E-state index contributed by atoms with van der Waals surface area (Å²) in [6, 6.07) is 10.8. The van der Waals surface area contributed by atoms with Gasteiger partial charge in [0.15, 0.2) is 5.82 Å². The molecule has 38 heavy (non-hydrogen) atoms. The van der Waals surface area contributed by atoms with E-state index < -0.39 is 34.6 Å². The molecular weight excluding hydrogens is 502 g/mol. The van der Waals surface area contributed by atoms with Gasteiger partial charge in [0.2, 0.25) is 0 Å². The third kappa shape index (κ3) is 6.91. The quantitative estimate of drug-likeness (QED) is 0.184. The van der Waals surface area contributed by atoms with Crippen LogP contribution in [0.3, 0.4) is 0 Å². The lowest BCUT2D eigenvalue weighted by molar-refractivity contribution is -0.0696. The molecule has 0 bridgehead atoms. The van der Waals surface area contributed by atoms with E-state index in [1.165, 1.54) is 17.6 Å². The van der Waals surface area contributed by atoms with E-state index in [0.29, 0.717) is 17.6 Å². The lowest BCUT2D eigenvalue weighted by atomic mass is 9.82. The van der Waals surface area contributed by atoms with Crippen LogP contribution in [0.4, 0.5) is 26.3 Å². The Bertz CT molecular complexity index is 1410. The zero-order valence-corrected chi connectivity index (χ0v) is 20.8. The molecule has 3 aromatic carbocycles. The van der Waals surface area contributed by atoms with Crippen LogP contribution in [0.2, 0.25) is 0 Å². The van der Waals surface area contributed by atoms with Crippen LogP contribution in [0.1, 0.15) is 73.6 Å². The van der Waals surface area contributed by atoms with Gasteiger partial charge in [-0.2, -0.15) is 13.2 Å². The lowest BCUT2D eigenvalue weighted by Gasteiger charge is -2.29. The first-order chi connectivity index (χ1) is 18.1. The number of rotatable bonds is 5. The minimum atomic E-state index is -4.94. The second kappa shape index (κ2) is 12.0. The fourth-order valence-electron chi connectivity index (χ4n) is 4.67. The van der Waals surface area contributed by atoms with Gasteiger partial charge in [0.25, 0.3) is 0 Å². The van der Waals surface area contributed by atoms with Gasteiger partial charge in [0.05, 0.1) is 17.1 Å². The summed E-state index contributed by atoms with van der Waals surface area (Å²) in [5.74, 6) is 4.55. The molecule has 1 saturated carbocycles. The lowest BCUT2D eigenvalue weighted by Crippen LogP contribution is -2.21. The number of ether oxygens (including phenoxy) is 1. The minimum Gasteiger partial charge on any atom is -0.378 e. The number of hydrogen-bond acceptors (Lipinski definition) is 1. The van der Waals surface area contributed by atoms with Gasteiger partial charge in [-0.05, 0) is 79.3 Å². The summed E-state index contributed by atoms with van der Waals surface area (Å²) in [6.45, 7) is 2.97. The standard InChI is InChI=1S/C31H26F6O/c1-2-3-16-38-25-12-10-23(11-13-25)22-8-6-20(7-9-22)4-5-21-17-24-19-27(32)26(14-15-31(35,36)37)30(34)29(24)28(33)18-21/h6-9,17-19,23,25H,2-3,10-13,16H2,1H3. The molecule has 0 N–H and O–H groups in total. The van der Waals surface area contributed by atoms with Crippen LogP contribution in [0, 0.1) is 41.1 Å².